The Balaban J connectivity index is 1.75. The summed E-state index contributed by atoms with van der Waals surface area (Å²) >= 11 is 2.99. The van der Waals surface area contributed by atoms with Crippen LogP contribution in [0.15, 0.2) is 22.6 Å². The Labute approximate surface area is 160 Å². The zero-order chi connectivity index (χ0) is 18.5. The van der Waals surface area contributed by atoms with Crippen molar-refractivity contribution in [1.29, 1.82) is 0 Å². The monoisotopic (exact) mass is 391 g/mol. The van der Waals surface area contributed by atoms with Gasteiger partial charge in [0.15, 0.2) is 0 Å². The Morgan fingerprint density at radius 2 is 2.31 bits per heavy atom. The number of anilines is 1. The maximum absolute atomic E-state index is 12.4. The normalized spacial score (nSPS) is 16.3. The Kier molecular flexibility index (Phi) is 6.05. The number of esters is 1. The van der Waals surface area contributed by atoms with Crippen LogP contribution in [0, 0.1) is 5.92 Å². The molecule has 0 aromatic carbocycles. The summed E-state index contributed by atoms with van der Waals surface area (Å²) in [7, 11) is 0. The maximum Gasteiger partial charge on any atom is 0.341 e. The van der Waals surface area contributed by atoms with Gasteiger partial charge in [0.2, 0.25) is 0 Å². The highest BCUT2D eigenvalue weighted by Gasteiger charge is 2.29. The van der Waals surface area contributed by atoms with E-state index in [-0.39, 0.29) is 5.97 Å². The van der Waals surface area contributed by atoms with E-state index in [0.29, 0.717) is 23.1 Å². The minimum Gasteiger partial charge on any atom is -0.462 e. The first-order valence-corrected chi connectivity index (χ1v) is 10.2. The number of hydrazone groups is 1. The molecule has 2 amide bonds. The molecule has 1 aliphatic carbocycles. The summed E-state index contributed by atoms with van der Waals surface area (Å²) in [5, 5.41) is 9.15. The van der Waals surface area contributed by atoms with Gasteiger partial charge in [-0.2, -0.15) is 5.10 Å². The van der Waals surface area contributed by atoms with Crippen LogP contribution in [-0.4, -0.2) is 24.8 Å². The predicted octanol–water partition coefficient (Wildman–Crippen LogP) is 4.27. The highest BCUT2D eigenvalue weighted by Crippen LogP contribution is 2.40. The molecular weight excluding hydrogens is 370 g/mol. The number of carbonyl (C=O) groups excluding carboxylic acids is 2. The number of nitrogens with zero attached hydrogens (tertiary/aromatic N) is 1. The van der Waals surface area contributed by atoms with Crippen molar-refractivity contribution >= 4 is 45.9 Å². The van der Waals surface area contributed by atoms with E-state index in [2.05, 4.69) is 22.8 Å². The first-order chi connectivity index (χ1) is 12.6. The lowest BCUT2D eigenvalue weighted by Crippen LogP contribution is -2.25. The number of hydrogen-bond donors (Lipinski definition) is 2. The van der Waals surface area contributed by atoms with Gasteiger partial charge in [-0.3, -0.25) is 5.32 Å². The lowest BCUT2D eigenvalue weighted by atomic mass is 9.88. The van der Waals surface area contributed by atoms with Crippen LogP contribution in [0.5, 0.6) is 0 Å². The summed E-state index contributed by atoms with van der Waals surface area (Å²) in [5.41, 5.74) is 3.95. The van der Waals surface area contributed by atoms with Gasteiger partial charge < -0.3 is 4.74 Å². The molecule has 0 spiro atoms. The Bertz CT molecular complexity index is 812. The summed E-state index contributed by atoms with van der Waals surface area (Å²) in [6.07, 6.45) is 4.37. The summed E-state index contributed by atoms with van der Waals surface area (Å²) in [6, 6.07) is 3.34. The summed E-state index contributed by atoms with van der Waals surface area (Å²) in [5.74, 6) is 0.199. The van der Waals surface area contributed by atoms with Crippen LogP contribution >= 0.6 is 22.7 Å². The van der Waals surface area contributed by atoms with E-state index in [4.69, 9.17) is 4.74 Å². The van der Waals surface area contributed by atoms with Gasteiger partial charge in [0.25, 0.3) is 0 Å². The van der Waals surface area contributed by atoms with E-state index >= 15 is 0 Å². The fourth-order valence-electron chi connectivity index (χ4n) is 2.91. The molecule has 2 aromatic heterocycles. The number of rotatable bonds is 5. The van der Waals surface area contributed by atoms with Crippen LogP contribution in [0.4, 0.5) is 9.80 Å². The number of ether oxygens (including phenoxy) is 1. The van der Waals surface area contributed by atoms with Gasteiger partial charge >= 0.3 is 12.0 Å². The molecule has 0 fully saturated rings. The highest BCUT2D eigenvalue weighted by atomic mass is 32.1. The van der Waals surface area contributed by atoms with Gasteiger partial charge in [0, 0.05) is 9.75 Å². The Morgan fingerprint density at radius 3 is 3.04 bits per heavy atom. The van der Waals surface area contributed by atoms with Crippen molar-refractivity contribution in [2.75, 3.05) is 11.9 Å². The van der Waals surface area contributed by atoms with Gasteiger partial charge in [-0.1, -0.05) is 13.0 Å². The van der Waals surface area contributed by atoms with Crippen molar-refractivity contribution in [2.45, 2.75) is 33.1 Å². The second kappa shape index (κ2) is 8.46. The number of nitrogens with one attached hydrogen (secondary N) is 2. The zero-order valence-corrected chi connectivity index (χ0v) is 16.3. The molecule has 1 atom stereocenters. The van der Waals surface area contributed by atoms with Gasteiger partial charge in [-0.05, 0) is 49.1 Å². The van der Waals surface area contributed by atoms with Crippen molar-refractivity contribution in [2.24, 2.45) is 11.0 Å². The van der Waals surface area contributed by atoms with Crippen LogP contribution in [0.1, 0.15) is 45.9 Å². The van der Waals surface area contributed by atoms with E-state index in [9.17, 15) is 9.59 Å². The Morgan fingerprint density at radius 1 is 1.46 bits per heavy atom. The number of urea groups is 1. The number of amides is 2. The molecular formula is C18H21N3O3S2. The minimum absolute atomic E-state index is 0.302. The highest BCUT2D eigenvalue weighted by molar-refractivity contribution is 7.17. The van der Waals surface area contributed by atoms with Crippen LogP contribution in [-0.2, 0) is 17.6 Å². The smallest absolute Gasteiger partial charge is 0.341 e. The molecule has 0 saturated carbocycles. The van der Waals surface area contributed by atoms with E-state index in [1.165, 1.54) is 22.7 Å². The van der Waals surface area contributed by atoms with Crippen molar-refractivity contribution in [3.8, 4) is 0 Å². The van der Waals surface area contributed by atoms with Crippen molar-refractivity contribution < 1.29 is 14.3 Å². The first kappa shape index (κ1) is 18.6. The second-order valence-corrected chi connectivity index (χ2v) is 8.20. The molecule has 1 unspecified atom stereocenters. The lowest BCUT2D eigenvalue weighted by Gasteiger charge is -2.18. The van der Waals surface area contributed by atoms with Crippen LogP contribution in [0.2, 0.25) is 0 Å². The molecule has 0 bridgehead atoms. The summed E-state index contributed by atoms with van der Waals surface area (Å²) in [4.78, 5) is 26.7. The number of fused-ring (bicyclic) bond motifs is 1. The summed E-state index contributed by atoms with van der Waals surface area (Å²) in [6.45, 7) is 4.28. The van der Waals surface area contributed by atoms with E-state index < -0.39 is 6.03 Å². The molecule has 0 saturated heterocycles. The second-order valence-electron chi connectivity index (χ2n) is 6.12. The molecule has 0 aliphatic heterocycles. The quantitative estimate of drug-likeness (QED) is 0.454. The third kappa shape index (κ3) is 4.31. The zero-order valence-electron chi connectivity index (χ0n) is 14.7. The third-order valence-electron chi connectivity index (χ3n) is 4.12. The van der Waals surface area contributed by atoms with Crippen molar-refractivity contribution in [3.05, 3.63) is 38.4 Å². The standard InChI is InChI=1S/C18H21N3O3S2/c1-3-24-17(22)15-13-7-6-11(2)9-14(13)26-16(15)20-18(23)21-19-10-12-5-4-8-25-12/h4-5,8,10-11H,3,6-7,9H2,1-2H3,(H2,20,21,23)/b19-10-. The van der Waals surface area contributed by atoms with Crippen LogP contribution in [0.3, 0.4) is 0 Å². The number of thiophene rings is 2. The lowest BCUT2D eigenvalue weighted by molar-refractivity contribution is 0.0526. The topological polar surface area (TPSA) is 79.8 Å². The average Bonchev–Trinajstić information content (AvgIpc) is 3.22. The van der Waals surface area contributed by atoms with Gasteiger partial charge in [0.05, 0.1) is 18.4 Å². The fraction of sp³-hybridized carbons (Fsp3) is 0.389. The largest absolute Gasteiger partial charge is 0.462 e. The van der Waals surface area contributed by atoms with E-state index in [1.54, 1.807) is 13.1 Å². The molecule has 138 valence electrons. The number of carbonyl (C=O) groups is 2. The van der Waals surface area contributed by atoms with Gasteiger partial charge in [-0.25, -0.2) is 15.0 Å². The Hall–Kier alpha value is -2.19. The predicted molar refractivity (Wildman–Crippen MR) is 106 cm³/mol. The number of hydrogen-bond acceptors (Lipinski definition) is 6. The van der Waals surface area contributed by atoms with Crippen molar-refractivity contribution in [1.82, 2.24) is 5.43 Å². The van der Waals surface area contributed by atoms with Crippen LogP contribution < -0.4 is 10.7 Å². The fourth-order valence-corrected chi connectivity index (χ4v) is 4.89. The molecule has 2 aromatic rings. The molecule has 0 radical (unpaired) electrons. The minimum atomic E-state index is -0.477. The van der Waals surface area contributed by atoms with E-state index in [0.717, 1.165) is 34.6 Å². The van der Waals surface area contributed by atoms with Gasteiger partial charge in [-0.15, -0.1) is 22.7 Å². The van der Waals surface area contributed by atoms with Crippen molar-refractivity contribution in [3.63, 3.8) is 0 Å². The molecule has 2 N–H and O–H groups in total. The molecule has 2 heterocycles. The maximum atomic E-state index is 12.4. The molecule has 6 nitrogen and oxygen atoms in total. The van der Waals surface area contributed by atoms with Gasteiger partial charge in [0.1, 0.15) is 5.00 Å². The molecule has 8 heteroatoms. The average molecular weight is 392 g/mol. The summed E-state index contributed by atoms with van der Waals surface area (Å²) < 4.78 is 5.20. The SMILES string of the molecule is CCOC(=O)c1c(NC(=O)N/N=C\c2cccs2)sc2c1CCC(C)C2. The third-order valence-corrected chi connectivity index (χ3v) is 6.10. The molecule has 1 aliphatic rings. The molecule has 3 rings (SSSR count). The molecule has 26 heavy (non-hydrogen) atoms. The van der Waals surface area contributed by atoms with E-state index in [1.807, 2.05) is 17.5 Å². The first-order valence-electron chi connectivity index (χ1n) is 8.53. The van der Waals surface area contributed by atoms with Crippen LogP contribution in [0.25, 0.3) is 0 Å².